The molecule has 6 nitrogen and oxygen atoms in total. The van der Waals surface area contributed by atoms with E-state index in [1.165, 1.54) is 42.7 Å². The molecular weight excluding hydrogens is 410 g/mol. The first kappa shape index (κ1) is 19.6. The molecular formula is C18H16ClNO5S2. The van der Waals surface area contributed by atoms with E-state index in [2.05, 4.69) is 4.72 Å². The van der Waals surface area contributed by atoms with Crippen LogP contribution in [-0.2, 0) is 26.4 Å². The Morgan fingerprint density at radius 1 is 0.963 bits per heavy atom. The van der Waals surface area contributed by atoms with Crippen molar-refractivity contribution in [2.75, 3.05) is 0 Å². The minimum atomic E-state index is -3.93. The Bertz CT molecular complexity index is 1150. The van der Waals surface area contributed by atoms with E-state index in [0.717, 1.165) is 6.07 Å². The van der Waals surface area contributed by atoms with E-state index in [-0.39, 0.29) is 21.2 Å². The highest BCUT2D eigenvalue weighted by molar-refractivity contribution is 7.91. The van der Waals surface area contributed by atoms with Crippen LogP contribution < -0.4 is 4.72 Å². The molecule has 0 spiro atoms. The van der Waals surface area contributed by atoms with Crippen molar-refractivity contribution in [2.45, 2.75) is 28.2 Å². The lowest BCUT2D eigenvalue weighted by atomic mass is 10.2. The van der Waals surface area contributed by atoms with Gasteiger partial charge in [0.25, 0.3) is 0 Å². The van der Waals surface area contributed by atoms with E-state index < -0.39 is 19.9 Å². The highest BCUT2D eigenvalue weighted by atomic mass is 35.5. The van der Waals surface area contributed by atoms with Crippen molar-refractivity contribution in [1.82, 2.24) is 4.72 Å². The predicted molar refractivity (Wildman–Crippen MR) is 101 cm³/mol. The van der Waals surface area contributed by atoms with Crippen LogP contribution in [0.25, 0.3) is 0 Å². The van der Waals surface area contributed by atoms with E-state index in [4.69, 9.17) is 16.0 Å². The zero-order chi connectivity index (χ0) is 19.7. The number of benzene rings is 2. The van der Waals surface area contributed by atoms with Gasteiger partial charge in [0.2, 0.25) is 19.9 Å². The number of sulfone groups is 1. The van der Waals surface area contributed by atoms with Crippen molar-refractivity contribution in [1.29, 1.82) is 0 Å². The second kappa shape index (κ2) is 7.47. The Morgan fingerprint density at radius 3 is 2.26 bits per heavy atom. The van der Waals surface area contributed by atoms with E-state index in [9.17, 15) is 16.8 Å². The van der Waals surface area contributed by atoms with Crippen LogP contribution in [0.15, 0.2) is 80.0 Å². The van der Waals surface area contributed by atoms with Gasteiger partial charge in [-0.05, 0) is 61.0 Å². The average Bonchev–Trinajstić information content (AvgIpc) is 3.14. The molecule has 0 aliphatic rings. The summed E-state index contributed by atoms with van der Waals surface area (Å²) in [6.45, 7) is 1.56. The highest BCUT2D eigenvalue weighted by Gasteiger charge is 2.23. The molecule has 0 bridgehead atoms. The number of nitrogens with one attached hydrogen (secondary N) is 1. The van der Waals surface area contributed by atoms with Crippen LogP contribution in [-0.4, -0.2) is 16.8 Å². The molecule has 0 amide bonds. The summed E-state index contributed by atoms with van der Waals surface area (Å²) >= 11 is 5.80. The van der Waals surface area contributed by atoms with Crippen LogP contribution >= 0.6 is 11.6 Å². The van der Waals surface area contributed by atoms with Crippen LogP contribution in [0.2, 0.25) is 5.02 Å². The number of sulfonamides is 1. The maximum atomic E-state index is 12.8. The summed E-state index contributed by atoms with van der Waals surface area (Å²) in [5.74, 6) is 0.446. The molecule has 0 aliphatic heterocycles. The SMILES string of the molecule is Cc1ccc(S(=O)(=O)c2ccc(Cl)cc2)cc1S(=O)(=O)NCc1ccco1. The van der Waals surface area contributed by atoms with E-state index in [0.29, 0.717) is 16.3 Å². The highest BCUT2D eigenvalue weighted by Crippen LogP contribution is 2.26. The van der Waals surface area contributed by atoms with Crippen molar-refractivity contribution < 1.29 is 21.3 Å². The lowest BCUT2D eigenvalue weighted by Gasteiger charge is -2.11. The second-order valence-electron chi connectivity index (χ2n) is 5.79. The summed E-state index contributed by atoms with van der Waals surface area (Å²) in [6, 6.07) is 13.0. The first-order chi connectivity index (χ1) is 12.7. The zero-order valence-corrected chi connectivity index (χ0v) is 16.6. The number of hydrogen-bond donors (Lipinski definition) is 1. The van der Waals surface area contributed by atoms with Gasteiger partial charge in [-0.3, -0.25) is 0 Å². The quantitative estimate of drug-likeness (QED) is 0.651. The first-order valence-electron chi connectivity index (χ1n) is 7.83. The number of furan rings is 1. The van der Waals surface area contributed by atoms with Gasteiger partial charge in [-0.15, -0.1) is 0 Å². The standard InChI is InChI=1S/C18H16ClNO5S2/c1-13-4-7-17(26(21,22)16-8-5-14(19)6-9-16)11-18(13)27(23,24)20-12-15-3-2-10-25-15/h2-11,20H,12H2,1H3. The van der Waals surface area contributed by atoms with Gasteiger partial charge in [-0.1, -0.05) is 17.7 Å². The topological polar surface area (TPSA) is 93.5 Å². The fourth-order valence-electron chi connectivity index (χ4n) is 2.44. The molecule has 3 rings (SSSR count). The fraction of sp³-hybridized carbons (Fsp3) is 0.111. The minimum absolute atomic E-state index is 0.0302. The maximum Gasteiger partial charge on any atom is 0.241 e. The number of rotatable bonds is 6. The lowest BCUT2D eigenvalue weighted by Crippen LogP contribution is -2.24. The monoisotopic (exact) mass is 425 g/mol. The largest absolute Gasteiger partial charge is 0.468 e. The van der Waals surface area contributed by atoms with Crippen LogP contribution in [0.3, 0.4) is 0 Å². The normalized spacial score (nSPS) is 12.2. The number of aryl methyl sites for hydroxylation is 1. The minimum Gasteiger partial charge on any atom is -0.468 e. The van der Waals surface area contributed by atoms with Gasteiger partial charge in [0.05, 0.1) is 27.5 Å². The molecule has 142 valence electrons. The van der Waals surface area contributed by atoms with Gasteiger partial charge in [0, 0.05) is 5.02 Å². The summed E-state index contributed by atoms with van der Waals surface area (Å²) in [6.07, 6.45) is 1.44. The molecule has 1 heterocycles. The molecule has 27 heavy (non-hydrogen) atoms. The van der Waals surface area contributed by atoms with Crippen LogP contribution in [0, 0.1) is 6.92 Å². The van der Waals surface area contributed by atoms with Crippen LogP contribution in [0.4, 0.5) is 0 Å². The summed E-state index contributed by atoms with van der Waals surface area (Å²) in [4.78, 5) is -0.194. The smallest absolute Gasteiger partial charge is 0.241 e. The van der Waals surface area contributed by atoms with Gasteiger partial charge in [0.15, 0.2) is 0 Å². The summed E-state index contributed by atoms with van der Waals surface area (Å²) in [5.41, 5.74) is 0.428. The van der Waals surface area contributed by atoms with E-state index in [1.54, 1.807) is 19.1 Å². The maximum absolute atomic E-state index is 12.8. The van der Waals surface area contributed by atoms with Gasteiger partial charge in [-0.2, -0.15) is 0 Å². The fourth-order valence-corrected chi connectivity index (χ4v) is 5.19. The molecule has 1 N–H and O–H groups in total. The van der Waals surface area contributed by atoms with Gasteiger partial charge < -0.3 is 4.42 Å². The Balaban J connectivity index is 1.97. The summed E-state index contributed by atoms with van der Waals surface area (Å²) < 4.78 is 58.4. The summed E-state index contributed by atoms with van der Waals surface area (Å²) in [5, 5.41) is 0.406. The van der Waals surface area contributed by atoms with Crippen molar-refractivity contribution >= 4 is 31.5 Å². The molecule has 0 aliphatic carbocycles. The van der Waals surface area contributed by atoms with Gasteiger partial charge in [0.1, 0.15) is 5.76 Å². The Morgan fingerprint density at radius 2 is 1.63 bits per heavy atom. The van der Waals surface area contributed by atoms with E-state index >= 15 is 0 Å². The molecule has 0 atom stereocenters. The second-order valence-corrected chi connectivity index (χ2v) is 9.91. The molecule has 0 radical (unpaired) electrons. The Hall–Kier alpha value is -2.13. The zero-order valence-electron chi connectivity index (χ0n) is 14.2. The summed E-state index contributed by atoms with van der Waals surface area (Å²) in [7, 11) is -7.82. The third-order valence-electron chi connectivity index (χ3n) is 3.90. The van der Waals surface area contributed by atoms with Gasteiger partial charge in [-0.25, -0.2) is 21.6 Å². The molecule has 0 saturated heterocycles. The van der Waals surface area contributed by atoms with Gasteiger partial charge >= 0.3 is 0 Å². The number of halogens is 1. The lowest BCUT2D eigenvalue weighted by molar-refractivity contribution is 0.498. The van der Waals surface area contributed by atoms with Crippen molar-refractivity contribution in [2.24, 2.45) is 0 Å². The third-order valence-corrected chi connectivity index (χ3v) is 7.46. The Kier molecular flexibility index (Phi) is 5.43. The third kappa shape index (κ3) is 4.24. The molecule has 0 unspecified atom stereocenters. The van der Waals surface area contributed by atoms with Crippen LogP contribution in [0.5, 0.6) is 0 Å². The molecule has 2 aromatic carbocycles. The predicted octanol–water partition coefficient (Wildman–Crippen LogP) is 3.55. The van der Waals surface area contributed by atoms with E-state index in [1.807, 2.05) is 0 Å². The molecule has 1 aromatic heterocycles. The van der Waals surface area contributed by atoms with Crippen LogP contribution in [0.1, 0.15) is 11.3 Å². The molecule has 9 heteroatoms. The Labute approximate surface area is 162 Å². The molecule has 0 fully saturated rings. The van der Waals surface area contributed by atoms with Crippen molar-refractivity contribution in [3.8, 4) is 0 Å². The van der Waals surface area contributed by atoms with Crippen molar-refractivity contribution in [3.05, 3.63) is 77.2 Å². The number of hydrogen-bond acceptors (Lipinski definition) is 5. The average molecular weight is 426 g/mol. The van der Waals surface area contributed by atoms with Crippen molar-refractivity contribution in [3.63, 3.8) is 0 Å². The first-order valence-corrected chi connectivity index (χ1v) is 11.2. The molecule has 0 saturated carbocycles. The molecule has 3 aromatic rings.